The lowest BCUT2D eigenvalue weighted by Gasteiger charge is -1.98. The molecule has 0 amide bonds. The number of nitrogens with zero attached hydrogens (tertiary/aromatic N) is 2. The summed E-state index contributed by atoms with van der Waals surface area (Å²) in [4.78, 5) is 13.4. The maximum absolute atomic E-state index is 13.4. The number of aromatic nitrogens is 1. The first-order chi connectivity index (χ1) is 6.70. The fourth-order valence-corrected chi connectivity index (χ4v) is 1.24. The first-order valence-electron chi connectivity index (χ1n) is 3.88. The van der Waals surface area contributed by atoms with E-state index in [1.807, 2.05) is 0 Å². The van der Waals surface area contributed by atoms with Gasteiger partial charge in [0.1, 0.15) is 5.52 Å². The third-order valence-electron chi connectivity index (χ3n) is 1.89. The highest BCUT2D eigenvalue weighted by Crippen LogP contribution is 2.23. The van der Waals surface area contributed by atoms with Gasteiger partial charge in [0, 0.05) is 17.6 Å². The second kappa shape index (κ2) is 3.02. The molecule has 0 N–H and O–H groups in total. The molecule has 70 valence electrons. The second-order valence-corrected chi connectivity index (χ2v) is 2.73. The molecule has 0 radical (unpaired) electrons. The molecule has 1 aromatic carbocycles. The van der Waals surface area contributed by atoms with Gasteiger partial charge >= 0.3 is 5.69 Å². The zero-order chi connectivity index (χ0) is 10.1. The third-order valence-corrected chi connectivity index (χ3v) is 1.89. The van der Waals surface area contributed by atoms with Crippen LogP contribution in [-0.2, 0) is 0 Å². The van der Waals surface area contributed by atoms with Gasteiger partial charge in [-0.3, -0.25) is 15.1 Å². The zero-order valence-corrected chi connectivity index (χ0v) is 6.98. The molecular weight excluding hydrogens is 187 g/mol. The Morgan fingerprint density at radius 2 is 2.14 bits per heavy atom. The molecule has 0 spiro atoms. The Labute approximate surface area is 78.2 Å². The molecule has 0 aliphatic carbocycles. The molecule has 0 bridgehead atoms. The van der Waals surface area contributed by atoms with Crippen molar-refractivity contribution in [2.45, 2.75) is 0 Å². The average molecular weight is 192 g/mol. The Hall–Kier alpha value is -2.04. The van der Waals surface area contributed by atoms with Crippen molar-refractivity contribution in [1.82, 2.24) is 4.98 Å². The smallest absolute Gasteiger partial charge is 0.258 e. The van der Waals surface area contributed by atoms with E-state index in [4.69, 9.17) is 0 Å². The van der Waals surface area contributed by atoms with E-state index in [1.165, 1.54) is 12.3 Å². The van der Waals surface area contributed by atoms with E-state index in [9.17, 15) is 14.5 Å². The minimum absolute atomic E-state index is 0.0294. The number of pyridine rings is 1. The number of fused-ring (bicyclic) bond motifs is 1. The summed E-state index contributed by atoms with van der Waals surface area (Å²) >= 11 is 0. The summed E-state index contributed by atoms with van der Waals surface area (Å²) < 4.78 is 13.4. The van der Waals surface area contributed by atoms with Crippen molar-refractivity contribution < 1.29 is 9.31 Å². The first kappa shape index (κ1) is 8.55. The lowest BCUT2D eigenvalue weighted by molar-refractivity contribution is -0.387. The van der Waals surface area contributed by atoms with Crippen LogP contribution >= 0.6 is 0 Å². The van der Waals surface area contributed by atoms with Gasteiger partial charge in [-0.25, -0.2) is 0 Å². The van der Waals surface area contributed by atoms with E-state index < -0.39 is 16.4 Å². The average Bonchev–Trinajstić information content (AvgIpc) is 2.18. The minimum Gasteiger partial charge on any atom is -0.258 e. The van der Waals surface area contributed by atoms with E-state index in [-0.39, 0.29) is 5.52 Å². The van der Waals surface area contributed by atoms with Crippen molar-refractivity contribution in [3.63, 3.8) is 0 Å². The molecule has 14 heavy (non-hydrogen) atoms. The maximum atomic E-state index is 13.4. The van der Waals surface area contributed by atoms with Crippen LogP contribution in [0, 0.1) is 15.9 Å². The summed E-state index contributed by atoms with van der Waals surface area (Å²) in [6.07, 6.45) is 1.40. The molecule has 0 unspecified atom stereocenters. The largest absolute Gasteiger partial charge is 0.307 e. The fraction of sp³-hybridized carbons (Fsp3) is 0. The van der Waals surface area contributed by atoms with Crippen molar-refractivity contribution in [3.05, 3.63) is 46.4 Å². The molecule has 0 atom stereocenters. The molecule has 0 saturated heterocycles. The highest BCUT2D eigenvalue weighted by Gasteiger charge is 2.16. The first-order valence-corrected chi connectivity index (χ1v) is 3.88. The second-order valence-electron chi connectivity index (χ2n) is 2.73. The van der Waals surface area contributed by atoms with Crippen LogP contribution < -0.4 is 0 Å². The lowest BCUT2D eigenvalue weighted by Crippen LogP contribution is -1.94. The van der Waals surface area contributed by atoms with Gasteiger partial charge in [-0.2, -0.15) is 4.39 Å². The summed E-state index contributed by atoms with van der Waals surface area (Å²) in [5.74, 6) is -0.881. The van der Waals surface area contributed by atoms with Gasteiger partial charge in [0.2, 0.25) is 5.82 Å². The predicted molar refractivity (Wildman–Crippen MR) is 48.4 cm³/mol. The van der Waals surface area contributed by atoms with Gasteiger partial charge in [0.25, 0.3) is 0 Å². The number of benzene rings is 1. The Kier molecular flexibility index (Phi) is 1.85. The normalized spacial score (nSPS) is 10.4. The SMILES string of the molecule is O=[N+]([O-])c1ccc2cccnc2c1F. The topological polar surface area (TPSA) is 56.0 Å². The van der Waals surface area contributed by atoms with E-state index >= 15 is 0 Å². The summed E-state index contributed by atoms with van der Waals surface area (Å²) in [7, 11) is 0. The summed E-state index contributed by atoms with van der Waals surface area (Å²) in [6.45, 7) is 0. The summed E-state index contributed by atoms with van der Waals surface area (Å²) in [5, 5.41) is 11.0. The number of rotatable bonds is 1. The van der Waals surface area contributed by atoms with Gasteiger partial charge in [-0.1, -0.05) is 6.07 Å². The van der Waals surface area contributed by atoms with Gasteiger partial charge in [-0.15, -0.1) is 0 Å². The number of hydrogen-bond acceptors (Lipinski definition) is 3. The highest BCUT2D eigenvalue weighted by atomic mass is 19.1. The third kappa shape index (κ3) is 1.19. The van der Waals surface area contributed by atoms with E-state index in [0.717, 1.165) is 6.07 Å². The lowest BCUT2D eigenvalue weighted by atomic mass is 10.2. The van der Waals surface area contributed by atoms with Gasteiger partial charge in [0.15, 0.2) is 0 Å². The fourth-order valence-electron chi connectivity index (χ4n) is 1.24. The van der Waals surface area contributed by atoms with Crippen LogP contribution in [0.4, 0.5) is 10.1 Å². The van der Waals surface area contributed by atoms with Gasteiger partial charge < -0.3 is 0 Å². The molecule has 0 aliphatic heterocycles. The number of halogens is 1. The van der Waals surface area contributed by atoms with Crippen LogP contribution in [0.5, 0.6) is 0 Å². The van der Waals surface area contributed by atoms with Crippen LogP contribution in [0.1, 0.15) is 0 Å². The van der Waals surface area contributed by atoms with Crippen molar-refractivity contribution in [2.75, 3.05) is 0 Å². The van der Waals surface area contributed by atoms with E-state index in [2.05, 4.69) is 4.98 Å². The maximum Gasteiger partial charge on any atom is 0.307 e. The van der Waals surface area contributed by atoms with Crippen LogP contribution in [0.25, 0.3) is 10.9 Å². The van der Waals surface area contributed by atoms with Crippen molar-refractivity contribution in [3.8, 4) is 0 Å². The van der Waals surface area contributed by atoms with Gasteiger partial charge in [-0.05, 0) is 12.1 Å². The standard InChI is InChI=1S/C9H5FN2O2/c10-8-7(12(13)14)4-3-6-2-1-5-11-9(6)8/h1-5H. The monoisotopic (exact) mass is 192 g/mol. The Morgan fingerprint density at radius 1 is 1.36 bits per heavy atom. The van der Waals surface area contributed by atoms with E-state index in [0.29, 0.717) is 5.39 Å². The molecule has 1 heterocycles. The van der Waals surface area contributed by atoms with Crippen LogP contribution in [0.15, 0.2) is 30.5 Å². The number of nitro benzene ring substituents is 1. The quantitative estimate of drug-likeness (QED) is 0.514. The Morgan fingerprint density at radius 3 is 2.86 bits per heavy atom. The minimum atomic E-state index is -0.881. The molecule has 5 heteroatoms. The molecule has 4 nitrogen and oxygen atoms in total. The molecule has 1 aromatic heterocycles. The van der Waals surface area contributed by atoms with Crippen molar-refractivity contribution >= 4 is 16.6 Å². The van der Waals surface area contributed by atoms with Gasteiger partial charge in [0.05, 0.1) is 4.92 Å². The van der Waals surface area contributed by atoms with Crippen molar-refractivity contribution in [1.29, 1.82) is 0 Å². The Bertz CT molecular complexity index is 513. The Balaban J connectivity index is 2.81. The van der Waals surface area contributed by atoms with Crippen LogP contribution in [0.2, 0.25) is 0 Å². The van der Waals surface area contributed by atoms with E-state index in [1.54, 1.807) is 12.1 Å². The molecule has 0 fully saturated rings. The highest BCUT2D eigenvalue weighted by molar-refractivity contribution is 5.81. The van der Waals surface area contributed by atoms with Crippen LogP contribution in [0.3, 0.4) is 0 Å². The number of hydrogen-bond donors (Lipinski definition) is 0. The predicted octanol–water partition coefficient (Wildman–Crippen LogP) is 2.28. The molecule has 0 saturated carbocycles. The summed E-state index contributed by atoms with van der Waals surface area (Å²) in [6, 6.07) is 5.91. The van der Waals surface area contributed by atoms with Crippen LogP contribution in [-0.4, -0.2) is 9.91 Å². The zero-order valence-electron chi connectivity index (χ0n) is 6.98. The molecule has 2 aromatic rings. The molecule has 0 aliphatic rings. The number of nitro groups is 1. The molecule has 2 rings (SSSR count). The van der Waals surface area contributed by atoms with Crippen molar-refractivity contribution in [2.24, 2.45) is 0 Å². The molecular formula is C9H5FN2O2. The summed E-state index contributed by atoms with van der Waals surface area (Å²) in [5.41, 5.74) is -0.516.